The zero-order chi connectivity index (χ0) is 16.2. The highest BCUT2D eigenvalue weighted by Crippen LogP contribution is 2.23. The molecule has 1 amide bonds. The second-order valence-electron chi connectivity index (χ2n) is 6.96. The monoisotopic (exact) mass is 295 g/mol. The summed E-state index contributed by atoms with van der Waals surface area (Å²) in [6.45, 7) is 13.8. The van der Waals surface area contributed by atoms with Crippen LogP contribution in [0.2, 0.25) is 0 Å². The summed E-state index contributed by atoms with van der Waals surface area (Å²) in [5, 5.41) is 7.42. The van der Waals surface area contributed by atoms with Crippen LogP contribution in [-0.4, -0.2) is 35.9 Å². The van der Waals surface area contributed by atoms with Gasteiger partial charge in [0.25, 0.3) is 5.91 Å². The quantitative estimate of drug-likeness (QED) is 0.878. The number of amides is 1. The summed E-state index contributed by atoms with van der Waals surface area (Å²) in [4.78, 5) is 12.2. The van der Waals surface area contributed by atoms with E-state index in [-0.39, 0.29) is 17.4 Å². The maximum absolute atomic E-state index is 12.2. The van der Waals surface area contributed by atoms with Crippen molar-refractivity contribution in [2.75, 3.05) is 20.3 Å². The first-order chi connectivity index (χ1) is 9.66. The molecule has 0 bridgehead atoms. The first-order valence-corrected chi connectivity index (χ1v) is 7.54. The van der Waals surface area contributed by atoms with Crippen LogP contribution >= 0.6 is 0 Å². The van der Waals surface area contributed by atoms with Gasteiger partial charge in [-0.1, -0.05) is 20.8 Å². The third-order valence-electron chi connectivity index (χ3n) is 3.26. The number of rotatable bonds is 6. The zero-order valence-electron chi connectivity index (χ0n) is 14.4. The van der Waals surface area contributed by atoms with Crippen molar-refractivity contribution in [1.29, 1.82) is 0 Å². The lowest BCUT2D eigenvalue weighted by atomic mass is 10.1. The Morgan fingerprint density at radius 2 is 2.00 bits per heavy atom. The highest BCUT2D eigenvalue weighted by atomic mass is 16.5. The minimum atomic E-state index is -0.137. The van der Waals surface area contributed by atoms with Crippen LogP contribution < -0.4 is 5.32 Å². The lowest BCUT2D eigenvalue weighted by Gasteiger charge is -2.23. The molecular weight excluding hydrogens is 266 g/mol. The molecule has 0 aliphatic carbocycles. The molecule has 120 valence electrons. The van der Waals surface area contributed by atoms with Crippen molar-refractivity contribution in [1.82, 2.24) is 15.1 Å². The van der Waals surface area contributed by atoms with E-state index in [0.29, 0.717) is 24.8 Å². The molecule has 0 saturated heterocycles. The molecule has 21 heavy (non-hydrogen) atoms. The van der Waals surface area contributed by atoms with Gasteiger partial charge in [-0.15, -0.1) is 0 Å². The molecule has 0 spiro atoms. The van der Waals surface area contributed by atoms with Crippen LogP contribution in [0.25, 0.3) is 0 Å². The molecule has 5 nitrogen and oxygen atoms in total. The average Bonchev–Trinajstić information content (AvgIpc) is 2.81. The van der Waals surface area contributed by atoms with E-state index in [9.17, 15) is 4.79 Å². The zero-order valence-corrected chi connectivity index (χ0v) is 14.4. The van der Waals surface area contributed by atoms with E-state index in [1.807, 2.05) is 17.7 Å². The van der Waals surface area contributed by atoms with Crippen molar-refractivity contribution in [2.24, 2.45) is 5.92 Å². The van der Waals surface area contributed by atoms with Gasteiger partial charge in [-0.25, -0.2) is 0 Å². The van der Waals surface area contributed by atoms with Crippen molar-refractivity contribution in [2.45, 2.75) is 53.0 Å². The van der Waals surface area contributed by atoms with E-state index >= 15 is 0 Å². The van der Waals surface area contributed by atoms with Crippen molar-refractivity contribution in [3.63, 3.8) is 0 Å². The summed E-state index contributed by atoms with van der Waals surface area (Å²) >= 11 is 0. The third kappa shape index (κ3) is 4.84. The molecule has 1 rings (SSSR count). The summed E-state index contributed by atoms with van der Waals surface area (Å²) in [6.07, 6.45) is 0. The Bertz CT molecular complexity index is 472. The Kier molecular flexibility index (Phi) is 5.96. The van der Waals surface area contributed by atoms with Gasteiger partial charge in [0.1, 0.15) is 5.69 Å². The van der Waals surface area contributed by atoms with Gasteiger partial charge in [-0.3, -0.25) is 9.48 Å². The average molecular weight is 295 g/mol. The highest BCUT2D eigenvalue weighted by molar-refractivity contribution is 5.92. The van der Waals surface area contributed by atoms with Gasteiger partial charge < -0.3 is 10.1 Å². The number of carbonyl (C=O) groups excluding carboxylic acids is 1. The maximum atomic E-state index is 12.2. The molecule has 1 heterocycles. The summed E-state index contributed by atoms with van der Waals surface area (Å²) in [6, 6.07) is 1.90. The third-order valence-corrected chi connectivity index (χ3v) is 3.26. The van der Waals surface area contributed by atoms with E-state index in [0.717, 1.165) is 5.69 Å². The van der Waals surface area contributed by atoms with Crippen molar-refractivity contribution < 1.29 is 9.53 Å². The van der Waals surface area contributed by atoms with E-state index in [1.54, 1.807) is 7.11 Å². The number of methoxy groups -OCH3 is 1. The molecule has 0 aromatic carbocycles. The lowest BCUT2D eigenvalue weighted by Crippen LogP contribution is -2.31. The van der Waals surface area contributed by atoms with Crippen molar-refractivity contribution >= 4 is 5.91 Å². The molecule has 1 unspecified atom stereocenters. The Balaban J connectivity index is 2.86. The number of ether oxygens (including phenoxy) is 1. The van der Waals surface area contributed by atoms with Gasteiger partial charge in [0, 0.05) is 19.3 Å². The predicted octanol–water partition coefficient (Wildman–Crippen LogP) is 2.77. The second kappa shape index (κ2) is 7.07. The van der Waals surface area contributed by atoms with Gasteiger partial charge >= 0.3 is 0 Å². The smallest absolute Gasteiger partial charge is 0.271 e. The molecule has 0 saturated carbocycles. The minimum Gasteiger partial charge on any atom is -0.384 e. The molecule has 1 N–H and O–H groups in total. The molecule has 0 aliphatic rings. The number of nitrogens with one attached hydrogen (secondary N) is 1. The Morgan fingerprint density at radius 3 is 2.43 bits per heavy atom. The summed E-state index contributed by atoms with van der Waals surface area (Å²) < 4.78 is 7.02. The van der Waals surface area contributed by atoms with Gasteiger partial charge in [-0.2, -0.15) is 5.10 Å². The SMILES string of the molecule is COCC(C)CNC(=O)c1cc(C(C)C)n(C(C)(C)C)n1. The van der Waals surface area contributed by atoms with Gasteiger partial charge in [0.05, 0.1) is 12.1 Å². The molecule has 5 heteroatoms. The topological polar surface area (TPSA) is 56.1 Å². The lowest BCUT2D eigenvalue weighted by molar-refractivity contribution is 0.0927. The van der Waals surface area contributed by atoms with Crippen LogP contribution in [0.5, 0.6) is 0 Å². The van der Waals surface area contributed by atoms with Gasteiger partial charge in [0.15, 0.2) is 0 Å². The highest BCUT2D eigenvalue weighted by Gasteiger charge is 2.23. The first-order valence-electron chi connectivity index (χ1n) is 7.54. The van der Waals surface area contributed by atoms with Crippen LogP contribution in [0, 0.1) is 5.92 Å². The normalized spacial score (nSPS) is 13.5. The molecule has 1 atom stereocenters. The number of hydrogen-bond donors (Lipinski definition) is 1. The molecular formula is C16H29N3O2. The van der Waals surface area contributed by atoms with Crippen LogP contribution in [0.4, 0.5) is 0 Å². The van der Waals surface area contributed by atoms with Crippen LogP contribution in [0.15, 0.2) is 6.07 Å². The van der Waals surface area contributed by atoms with Crippen LogP contribution in [0.1, 0.15) is 63.6 Å². The molecule has 0 aliphatic heterocycles. The van der Waals surface area contributed by atoms with Gasteiger partial charge in [0.2, 0.25) is 0 Å². The van der Waals surface area contributed by atoms with E-state index < -0.39 is 0 Å². The molecule has 1 aromatic heterocycles. The standard InChI is InChI=1S/C16H29N3O2/c1-11(2)14-8-13(18-19(14)16(4,5)6)15(20)17-9-12(3)10-21-7/h8,11-12H,9-10H2,1-7H3,(H,17,20). The Morgan fingerprint density at radius 1 is 1.38 bits per heavy atom. The summed E-state index contributed by atoms with van der Waals surface area (Å²) in [5.74, 6) is 0.488. The van der Waals surface area contributed by atoms with E-state index in [4.69, 9.17) is 4.74 Å². The molecule has 1 aromatic rings. The van der Waals surface area contributed by atoms with Crippen LogP contribution in [-0.2, 0) is 10.3 Å². The Hall–Kier alpha value is -1.36. The van der Waals surface area contributed by atoms with E-state index in [2.05, 4.69) is 45.0 Å². The predicted molar refractivity (Wildman–Crippen MR) is 84.7 cm³/mol. The number of nitrogens with zero attached hydrogens (tertiary/aromatic N) is 2. The number of aromatic nitrogens is 2. The van der Waals surface area contributed by atoms with E-state index in [1.165, 1.54) is 0 Å². The van der Waals surface area contributed by atoms with Crippen molar-refractivity contribution in [3.8, 4) is 0 Å². The largest absolute Gasteiger partial charge is 0.384 e. The number of carbonyl (C=O) groups is 1. The van der Waals surface area contributed by atoms with Crippen LogP contribution in [0.3, 0.4) is 0 Å². The van der Waals surface area contributed by atoms with Gasteiger partial charge in [-0.05, 0) is 38.7 Å². The molecule has 0 fully saturated rings. The fourth-order valence-corrected chi connectivity index (χ4v) is 2.16. The van der Waals surface area contributed by atoms with Crippen molar-refractivity contribution in [3.05, 3.63) is 17.5 Å². The fraction of sp³-hybridized carbons (Fsp3) is 0.750. The molecule has 0 radical (unpaired) electrons. The fourth-order valence-electron chi connectivity index (χ4n) is 2.16. The number of hydrogen-bond acceptors (Lipinski definition) is 3. The summed E-state index contributed by atoms with van der Waals surface area (Å²) in [7, 11) is 1.66. The summed E-state index contributed by atoms with van der Waals surface area (Å²) in [5.41, 5.74) is 1.43. The maximum Gasteiger partial charge on any atom is 0.271 e. The Labute approximate surface area is 128 Å². The first kappa shape index (κ1) is 17.7. The minimum absolute atomic E-state index is 0.122. The second-order valence-corrected chi connectivity index (χ2v) is 6.96.